The van der Waals surface area contributed by atoms with E-state index in [9.17, 15) is 0 Å². The van der Waals surface area contributed by atoms with Crippen LogP contribution in [0.15, 0.2) is 6.07 Å². The summed E-state index contributed by atoms with van der Waals surface area (Å²) in [5.74, 6) is 1.95. The van der Waals surface area contributed by atoms with Gasteiger partial charge in [0.15, 0.2) is 0 Å². The third-order valence-electron chi connectivity index (χ3n) is 5.52. The van der Waals surface area contributed by atoms with Crippen LogP contribution in [-0.4, -0.2) is 37.3 Å². The SMILES string of the molecule is CCc1nc2c(cc1C(OC)C1CC1)C[C@@H]1CNC[C@@H](C)N21. The molecule has 4 nitrogen and oxygen atoms in total. The Labute approximate surface area is 133 Å². The lowest BCUT2D eigenvalue weighted by molar-refractivity contribution is 0.0835. The number of anilines is 1. The minimum absolute atomic E-state index is 0.251. The second-order valence-electron chi connectivity index (χ2n) is 7.13. The maximum atomic E-state index is 5.84. The van der Waals surface area contributed by atoms with Gasteiger partial charge in [-0.3, -0.25) is 0 Å². The maximum absolute atomic E-state index is 5.84. The van der Waals surface area contributed by atoms with Crippen LogP contribution in [0.1, 0.15) is 49.6 Å². The summed E-state index contributed by atoms with van der Waals surface area (Å²) in [7, 11) is 1.85. The molecule has 120 valence electrons. The number of nitrogens with one attached hydrogen (secondary N) is 1. The fourth-order valence-corrected chi connectivity index (χ4v) is 4.30. The number of hydrogen-bond donors (Lipinski definition) is 1. The number of ether oxygens (including phenoxy) is 1. The molecule has 0 aromatic carbocycles. The fourth-order valence-electron chi connectivity index (χ4n) is 4.30. The Bertz CT molecular complexity index is 570. The van der Waals surface area contributed by atoms with Crippen molar-refractivity contribution in [3.63, 3.8) is 0 Å². The summed E-state index contributed by atoms with van der Waals surface area (Å²) in [6, 6.07) is 3.52. The van der Waals surface area contributed by atoms with E-state index in [1.807, 2.05) is 7.11 Å². The van der Waals surface area contributed by atoms with Crippen molar-refractivity contribution in [2.24, 2.45) is 5.92 Å². The van der Waals surface area contributed by atoms with E-state index in [0.29, 0.717) is 18.0 Å². The first-order valence-corrected chi connectivity index (χ1v) is 8.77. The van der Waals surface area contributed by atoms with E-state index >= 15 is 0 Å². The number of aromatic nitrogens is 1. The van der Waals surface area contributed by atoms with Gasteiger partial charge in [-0.25, -0.2) is 4.98 Å². The van der Waals surface area contributed by atoms with Gasteiger partial charge < -0.3 is 15.0 Å². The summed E-state index contributed by atoms with van der Waals surface area (Å²) in [6.45, 7) is 6.65. The van der Waals surface area contributed by atoms with Gasteiger partial charge in [-0.15, -0.1) is 0 Å². The van der Waals surface area contributed by atoms with Crippen LogP contribution < -0.4 is 10.2 Å². The van der Waals surface area contributed by atoms with Crippen molar-refractivity contribution < 1.29 is 4.74 Å². The second kappa shape index (κ2) is 5.50. The molecule has 22 heavy (non-hydrogen) atoms. The van der Waals surface area contributed by atoms with Crippen molar-refractivity contribution in [2.45, 2.75) is 57.7 Å². The van der Waals surface area contributed by atoms with Gasteiger partial charge in [-0.05, 0) is 50.2 Å². The first-order chi connectivity index (χ1) is 10.7. The normalized spacial score (nSPS) is 28.4. The predicted octanol–water partition coefficient (Wildman–Crippen LogP) is 2.46. The summed E-state index contributed by atoms with van der Waals surface area (Å²) in [6.07, 6.45) is 4.96. The number of fused-ring (bicyclic) bond motifs is 3. The Morgan fingerprint density at radius 3 is 2.91 bits per heavy atom. The summed E-state index contributed by atoms with van der Waals surface area (Å²) < 4.78 is 5.84. The van der Waals surface area contributed by atoms with Gasteiger partial charge in [0.25, 0.3) is 0 Å². The molecule has 2 aliphatic heterocycles. The minimum atomic E-state index is 0.251. The standard InChI is InChI=1S/C18H27N3O/c1-4-16-15(17(22-3)12-5-6-12)8-13-7-14-10-19-9-11(2)21(14)18(13)20-16/h8,11-12,14,17,19H,4-7,9-10H2,1-3H3/t11-,14-,17?/m1/s1. The Kier molecular flexibility index (Phi) is 3.61. The number of pyridine rings is 1. The van der Waals surface area contributed by atoms with Crippen molar-refractivity contribution >= 4 is 5.82 Å². The molecule has 0 amide bonds. The van der Waals surface area contributed by atoms with Crippen molar-refractivity contribution in [3.8, 4) is 0 Å². The topological polar surface area (TPSA) is 37.4 Å². The highest BCUT2D eigenvalue weighted by Crippen LogP contribution is 2.45. The van der Waals surface area contributed by atoms with Crippen LogP contribution in [0.3, 0.4) is 0 Å². The van der Waals surface area contributed by atoms with E-state index in [2.05, 4.69) is 30.1 Å². The molecule has 1 aromatic heterocycles. The van der Waals surface area contributed by atoms with E-state index in [0.717, 1.165) is 25.9 Å². The van der Waals surface area contributed by atoms with Crippen LogP contribution in [0.4, 0.5) is 5.82 Å². The molecular formula is C18H27N3O. The molecule has 0 spiro atoms. The Morgan fingerprint density at radius 1 is 1.41 bits per heavy atom. The van der Waals surface area contributed by atoms with Crippen LogP contribution in [0.25, 0.3) is 0 Å². The third kappa shape index (κ3) is 2.24. The zero-order valence-corrected chi connectivity index (χ0v) is 13.9. The van der Waals surface area contributed by atoms with E-state index in [-0.39, 0.29) is 6.10 Å². The largest absolute Gasteiger partial charge is 0.376 e. The number of hydrogen-bond acceptors (Lipinski definition) is 4. The molecule has 3 aliphatic rings. The highest BCUT2D eigenvalue weighted by Gasteiger charge is 2.39. The third-order valence-corrected chi connectivity index (χ3v) is 5.52. The number of rotatable bonds is 4. The molecule has 1 saturated heterocycles. The summed E-state index contributed by atoms with van der Waals surface area (Å²) >= 11 is 0. The molecule has 1 unspecified atom stereocenters. The smallest absolute Gasteiger partial charge is 0.132 e. The zero-order chi connectivity index (χ0) is 15.3. The van der Waals surface area contributed by atoms with Gasteiger partial charge in [0, 0.05) is 43.5 Å². The first kappa shape index (κ1) is 14.5. The van der Waals surface area contributed by atoms with Gasteiger partial charge in [0.2, 0.25) is 0 Å². The molecule has 3 atom stereocenters. The molecule has 1 N–H and O–H groups in total. The van der Waals surface area contributed by atoms with Crippen LogP contribution in [-0.2, 0) is 17.6 Å². The summed E-state index contributed by atoms with van der Waals surface area (Å²) in [4.78, 5) is 7.65. The summed E-state index contributed by atoms with van der Waals surface area (Å²) in [5.41, 5.74) is 4.02. The first-order valence-electron chi connectivity index (χ1n) is 8.77. The lowest BCUT2D eigenvalue weighted by Gasteiger charge is -2.38. The maximum Gasteiger partial charge on any atom is 0.132 e. The molecule has 4 heteroatoms. The van der Waals surface area contributed by atoms with Crippen molar-refractivity contribution in [3.05, 3.63) is 22.9 Å². The minimum Gasteiger partial charge on any atom is -0.376 e. The van der Waals surface area contributed by atoms with Crippen LogP contribution in [0.5, 0.6) is 0 Å². The van der Waals surface area contributed by atoms with E-state index in [4.69, 9.17) is 9.72 Å². The van der Waals surface area contributed by atoms with E-state index < -0.39 is 0 Å². The fraction of sp³-hybridized carbons (Fsp3) is 0.722. The molecule has 1 aliphatic carbocycles. The quantitative estimate of drug-likeness (QED) is 0.927. The molecule has 3 heterocycles. The van der Waals surface area contributed by atoms with E-state index in [1.54, 1.807) is 0 Å². The Morgan fingerprint density at radius 2 is 2.23 bits per heavy atom. The number of methoxy groups -OCH3 is 1. The summed E-state index contributed by atoms with van der Waals surface area (Å²) in [5, 5.41) is 3.55. The van der Waals surface area contributed by atoms with Crippen molar-refractivity contribution in [1.29, 1.82) is 0 Å². The van der Waals surface area contributed by atoms with Gasteiger partial charge in [0.1, 0.15) is 5.82 Å². The molecule has 0 radical (unpaired) electrons. The van der Waals surface area contributed by atoms with Crippen LogP contribution >= 0.6 is 0 Å². The molecule has 1 aromatic rings. The molecular weight excluding hydrogens is 274 g/mol. The molecule has 4 rings (SSSR count). The monoisotopic (exact) mass is 301 g/mol. The molecule has 2 fully saturated rings. The highest BCUT2D eigenvalue weighted by atomic mass is 16.5. The lowest BCUT2D eigenvalue weighted by Crippen LogP contribution is -2.55. The lowest BCUT2D eigenvalue weighted by atomic mass is 9.98. The van der Waals surface area contributed by atoms with Crippen molar-refractivity contribution in [2.75, 3.05) is 25.1 Å². The highest BCUT2D eigenvalue weighted by molar-refractivity contribution is 5.58. The predicted molar refractivity (Wildman–Crippen MR) is 88.4 cm³/mol. The molecule has 1 saturated carbocycles. The van der Waals surface area contributed by atoms with Crippen LogP contribution in [0, 0.1) is 5.92 Å². The van der Waals surface area contributed by atoms with E-state index in [1.165, 1.54) is 35.5 Å². The number of piperazine rings is 1. The van der Waals surface area contributed by atoms with Crippen molar-refractivity contribution in [1.82, 2.24) is 10.3 Å². The van der Waals surface area contributed by atoms with Crippen LogP contribution in [0.2, 0.25) is 0 Å². The average Bonchev–Trinajstić information content (AvgIpc) is 3.28. The Balaban J connectivity index is 1.74. The van der Waals surface area contributed by atoms with Gasteiger partial charge in [-0.2, -0.15) is 0 Å². The average molecular weight is 301 g/mol. The second-order valence-corrected chi connectivity index (χ2v) is 7.13. The van der Waals surface area contributed by atoms with Gasteiger partial charge in [-0.1, -0.05) is 6.92 Å². The number of aryl methyl sites for hydroxylation is 1. The van der Waals surface area contributed by atoms with Gasteiger partial charge in [0.05, 0.1) is 6.10 Å². The zero-order valence-electron chi connectivity index (χ0n) is 13.9. The molecule has 0 bridgehead atoms. The van der Waals surface area contributed by atoms with Gasteiger partial charge >= 0.3 is 0 Å². The number of nitrogens with zero attached hydrogens (tertiary/aromatic N) is 2. The Hall–Kier alpha value is -1.13.